The topological polar surface area (TPSA) is 62.2 Å². The number of piperidine rings is 1. The number of carbonyl (C=O) groups is 1. The Kier molecular flexibility index (Phi) is 6.31. The number of aliphatic hydroxyl groups is 1. The Balaban J connectivity index is 1.35. The molecule has 2 fully saturated rings. The molecular weight excluding hydrogens is 521 g/mol. The Morgan fingerprint density at radius 1 is 1.30 bits per heavy atom. The van der Waals surface area contributed by atoms with Gasteiger partial charge in [-0.15, -0.1) is 6.58 Å². The largest absolute Gasteiger partial charge is 0.493 e. The van der Waals surface area contributed by atoms with Crippen molar-refractivity contribution < 1.29 is 32.5 Å². The molecule has 2 aromatic carbocycles. The lowest BCUT2D eigenvalue weighted by atomic mass is 9.48. The van der Waals surface area contributed by atoms with Gasteiger partial charge < -0.3 is 19.5 Å². The van der Waals surface area contributed by atoms with Gasteiger partial charge in [-0.3, -0.25) is 9.69 Å². The van der Waals surface area contributed by atoms with Crippen LogP contribution in [0.1, 0.15) is 41.5 Å². The highest BCUT2D eigenvalue weighted by Gasteiger charge is 2.73. The first-order valence-electron chi connectivity index (χ1n) is 13.6. The second kappa shape index (κ2) is 9.38. The maximum Gasteiger partial charge on any atom is 0.416 e. The van der Waals surface area contributed by atoms with Crippen LogP contribution in [0.5, 0.6) is 11.5 Å². The van der Waals surface area contributed by atoms with Crippen molar-refractivity contribution in [3.63, 3.8) is 0 Å². The third-order valence-electron chi connectivity index (χ3n) is 9.59. The molecule has 2 aliphatic carbocycles. The van der Waals surface area contributed by atoms with Crippen LogP contribution in [0.4, 0.5) is 13.2 Å². The smallest absolute Gasteiger partial charge is 0.416 e. The van der Waals surface area contributed by atoms with Gasteiger partial charge >= 0.3 is 6.18 Å². The maximum atomic E-state index is 13.4. The average Bonchev–Trinajstić information content (AvgIpc) is 3.28. The number of carbonyl (C=O) groups excluding carboxylic acids is 1. The third-order valence-corrected chi connectivity index (χ3v) is 9.59. The molecule has 1 N–H and O–H groups in total. The molecule has 212 valence electrons. The van der Waals surface area contributed by atoms with Crippen LogP contribution < -0.4 is 9.47 Å². The van der Waals surface area contributed by atoms with Crippen LogP contribution in [0.25, 0.3) is 6.08 Å². The lowest BCUT2D eigenvalue weighted by Gasteiger charge is -2.64. The van der Waals surface area contributed by atoms with E-state index in [0.717, 1.165) is 29.8 Å². The fraction of sp³-hybridized carbons (Fsp3) is 0.452. The van der Waals surface area contributed by atoms with Crippen molar-refractivity contribution in [2.75, 3.05) is 27.2 Å². The predicted octanol–water partition coefficient (Wildman–Crippen LogP) is 4.59. The molecule has 4 aliphatic rings. The van der Waals surface area contributed by atoms with E-state index in [-0.39, 0.29) is 23.6 Å². The van der Waals surface area contributed by atoms with Crippen LogP contribution in [0.15, 0.2) is 55.1 Å². The van der Waals surface area contributed by atoms with E-state index in [0.29, 0.717) is 43.7 Å². The third kappa shape index (κ3) is 3.74. The van der Waals surface area contributed by atoms with E-state index in [2.05, 4.69) is 17.5 Å². The molecule has 9 heteroatoms. The number of likely N-dealkylation sites (N-methyl/N-ethyl adjacent to an activating group) is 1. The Morgan fingerprint density at radius 3 is 2.83 bits per heavy atom. The van der Waals surface area contributed by atoms with E-state index >= 15 is 0 Å². The number of alkyl halides is 3. The van der Waals surface area contributed by atoms with Crippen molar-refractivity contribution in [1.82, 2.24) is 9.80 Å². The summed E-state index contributed by atoms with van der Waals surface area (Å²) in [5, 5.41) is 12.5. The van der Waals surface area contributed by atoms with Crippen molar-refractivity contribution in [1.29, 1.82) is 0 Å². The summed E-state index contributed by atoms with van der Waals surface area (Å²) >= 11 is 0. The molecule has 0 aromatic heterocycles. The minimum atomic E-state index is -4.46. The zero-order chi connectivity index (χ0) is 28.4. The molecule has 6 nitrogen and oxygen atoms in total. The summed E-state index contributed by atoms with van der Waals surface area (Å²) in [5.41, 5.74) is -0.124. The van der Waals surface area contributed by atoms with E-state index in [1.807, 2.05) is 12.1 Å². The summed E-state index contributed by atoms with van der Waals surface area (Å²) in [5.74, 6) is 0.910. The highest BCUT2D eigenvalue weighted by atomic mass is 19.4. The number of rotatable bonds is 6. The van der Waals surface area contributed by atoms with Crippen LogP contribution in [0, 0.1) is 0 Å². The van der Waals surface area contributed by atoms with Gasteiger partial charge in [0.2, 0.25) is 5.91 Å². The molecule has 2 aromatic rings. The fourth-order valence-electron chi connectivity index (χ4n) is 7.80. The molecule has 1 saturated carbocycles. The molecule has 2 aliphatic heterocycles. The molecule has 1 saturated heterocycles. The molecule has 6 rings (SSSR count). The zero-order valence-electron chi connectivity index (χ0n) is 22.6. The Morgan fingerprint density at radius 2 is 2.10 bits per heavy atom. The number of amides is 1. The SMILES string of the molecule is C=CCN1CC[C@]23c4c5ccc(OC)c4O[C@H]2[C@@H](N(C)C(=O)C=Cc2cccc(C(F)(F)F)c2)CC[C@@]3(O)[C@H]1C5. The molecule has 0 unspecified atom stereocenters. The van der Waals surface area contributed by atoms with Gasteiger partial charge in [0.1, 0.15) is 6.10 Å². The summed E-state index contributed by atoms with van der Waals surface area (Å²) in [6, 6.07) is 8.38. The van der Waals surface area contributed by atoms with E-state index in [1.165, 1.54) is 24.3 Å². The number of benzene rings is 2. The molecule has 0 radical (unpaired) electrons. The van der Waals surface area contributed by atoms with Gasteiger partial charge in [0.05, 0.1) is 29.7 Å². The molecular formula is C31H33F3N2O4. The first-order valence-corrected chi connectivity index (χ1v) is 13.6. The number of nitrogens with zero attached hydrogens (tertiary/aromatic N) is 2. The quantitative estimate of drug-likeness (QED) is 0.418. The number of hydrogen-bond acceptors (Lipinski definition) is 5. The summed E-state index contributed by atoms with van der Waals surface area (Å²) in [6.45, 7) is 5.35. The summed E-state index contributed by atoms with van der Waals surface area (Å²) in [6.07, 6.45) is 1.97. The van der Waals surface area contributed by atoms with E-state index < -0.39 is 28.9 Å². The second-order valence-corrected chi connectivity index (χ2v) is 11.3. The van der Waals surface area contributed by atoms with Gasteiger partial charge in [0.25, 0.3) is 0 Å². The number of methoxy groups -OCH3 is 1. The van der Waals surface area contributed by atoms with Crippen molar-refractivity contribution >= 4 is 12.0 Å². The highest BCUT2D eigenvalue weighted by Crippen LogP contribution is 2.65. The maximum absolute atomic E-state index is 13.4. The number of halogens is 3. The lowest BCUT2D eigenvalue weighted by Crippen LogP contribution is -2.78. The minimum absolute atomic E-state index is 0.111. The van der Waals surface area contributed by atoms with Crippen LogP contribution in [0.2, 0.25) is 0 Å². The van der Waals surface area contributed by atoms with Crippen LogP contribution in [-0.4, -0.2) is 71.8 Å². The van der Waals surface area contributed by atoms with E-state index in [1.54, 1.807) is 19.1 Å². The van der Waals surface area contributed by atoms with Crippen LogP contribution in [-0.2, 0) is 22.8 Å². The standard InChI is InChI=1S/C31H33F3N2O4/c1-4-15-36-16-14-29-26-20-9-10-23(39-3)27(26)40-28(29)22(12-13-30(29,38)24(36)18-20)35(2)25(37)11-8-19-6-5-7-21(17-19)31(32,33)34/h4-11,17,22,24,28,38H,1,12-16,18H2,2-3H3/t22-,24+,28-,29-,30+/m0/s1. The summed E-state index contributed by atoms with van der Waals surface area (Å²) in [7, 11) is 3.29. The molecule has 1 amide bonds. The van der Waals surface area contributed by atoms with Gasteiger partial charge in [-0.2, -0.15) is 13.2 Å². The Bertz CT molecular complexity index is 1390. The fourth-order valence-corrected chi connectivity index (χ4v) is 7.80. The van der Waals surface area contributed by atoms with Gasteiger partial charge in [-0.25, -0.2) is 0 Å². The first-order chi connectivity index (χ1) is 19.0. The average molecular weight is 555 g/mol. The molecule has 2 bridgehead atoms. The van der Waals surface area contributed by atoms with E-state index in [4.69, 9.17) is 9.47 Å². The van der Waals surface area contributed by atoms with Crippen molar-refractivity contribution in [2.24, 2.45) is 0 Å². The van der Waals surface area contributed by atoms with Crippen molar-refractivity contribution in [3.05, 3.63) is 77.4 Å². The Labute approximate surface area is 231 Å². The lowest BCUT2D eigenvalue weighted by molar-refractivity contribution is -0.198. The number of likely N-dealkylation sites (tertiary alicyclic amines) is 1. The minimum Gasteiger partial charge on any atom is -0.493 e. The first kappa shape index (κ1) is 26.9. The normalized spacial score (nSPS) is 30.5. The highest BCUT2D eigenvalue weighted by molar-refractivity contribution is 5.92. The second-order valence-electron chi connectivity index (χ2n) is 11.3. The molecule has 40 heavy (non-hydrogen) atoms. The van der Waals surface area contributed by atoms with E-state index in [9.17, 15) is 23.1 Å². The van der Waals surface area contributed by atoms with Crippen LogP contribution in [0.3, 0.4) is 0 Å². The van der Waals surface area contributed by atoms with Crippen LogP contribution >= 0.6 is 0 Å². The zero-order valence-corrected chi connectivity index (χ0v) is 22.6. The van der Waals surface area contributed by atoms with Crippen molar-refractivity contribution in [2.45, 2.75) is 61.1 Å². The predicted molar refractivity (Wildman–Crippen MR) is 144 cm³/mol. The summed E-state index contributed by atoms with van der Waals surface area (Å²) < 4.78 is 51.8. The molecule has 1 spiro atoms. The Hall–Kier alpha value is -3.30. The summed E-state index contributed by atoms with van der Waals surface area (Å²) in [4.78, 5) is 17.3. The van der Waals surface area contributed by atoms with Crippen molar-refractivity contribution in [3.8, 4) is 11.5 Å². The van der Waals surface area contributed by atoms with Gasteiger partial charge in [-0.1, -0.05) is 24.3 Å². The molecule has 2 heterocycles. The van der Waals surface area contributed by atoms with Gasteiger partial charge in [0.15, 0.2) is 11.5 Å². The number of hydrogen-bond donors (Lipinski definition) is 1. The monoisotopic (exact) mass is 554 g/mol. The van der Waals surface area contributed by atoms with Gasteiger partial charge in [-0.05, 0) is 67.6 Å². The molecule has 5 atom stereocenters. The number of ether oxygens (including phenoxy) is 2. The van der Waals surface area contributed by atoms with Gasteiger partial charge in [0, 0.05) is 31.3 Å².